The number of rotatable bonds is 6. The predicted molar refractivity (Wildman–Crippen MR) is 93.8 cm³/mol. The molecule has 0 heterocycles. The van der Waals surface area contributed by atoms with Crippen molar-refractivity contribution in [3.63, 3.8) is 0 Å². The average molecular weight is 349 g/mol. The number of allylic oxidation sites excluding steroid dienone is 1. The Bertz CT molecular complexity index is 459. The summed E-state index contributed by atoms with van der Waals surface area (Å²) in [5, 5.41) is -0.122. The van der Waals surface area contributed by atoms with E-state index in [1.165, 1.54) is 6.92 Å². The zero-order valence-corrected chi connectivity index (χ0v) is 16.6. The summed E-state index contributed by atoms with van der Waals surface area (Å²) in [6, 6.07) is 0. The Kier molecular flexibility index (Phi) is 8.65. The van der Waals surface area contributed by atoms with Crippen LogP contribution in [0.25, 0.3) is 0 Å². The first kappa shape index (κ1) is 22.3. The lowest BCUT2D eigenvalue weighted by molar-refractivity contribution is -0.0976. The maximum atomic E-state index is 13.3. The minimum absolute atomic E-state index is 0.0766. The quantitative estimate of drug-likeness (QED) is 0.303. The van der Waals surface area contributed by atoms with Gasteiger partial charge in [0.15, 0.2) is 8.32 Å². The fraction of sp³-hybridized carbons (Fsp3) is 0.778. The van der Waals surface area contributed by atoms with Crippen LogP contribution in [-0.4, -0.2) is 21.1 Å². The second kappa shape index (κ2) is 8.94. The lowest BCUT2D eigenvalue weighted by Gasteiger charge is -2.36. The summed E-state index contributed by atoms with van der Waals surface area (Å²) in [6.07, 6.45) is -0.703. The van der Waals surface area contributed by atoms with E-state index in [0.29, 0.717) is 6.42 Å². The van der Waals surface area contributed by atoms with Crippen LogP contribution in [0.15, 0.2) is 11.1 Å². The van der Waals surface area contributed by atoms with Crippen LogP contribution < -0.4 is 0 Å². The van der Waals surface area contributed by atoms with E-state index in [-0.39, 0.29) is 10.6 Å². The lowest BCUT2D eigenvalue weighted by Crippen LogP contribution is -2.42. The van der Waals surface area contributed by atoms with Crippen molar-refractivity contribution in [1.29, 1.82) is 0 Å². The van der Waals surface area contributed by atoms with Gasteiger partial charge in [-0.1, -0.05) is 52.4 Å². The largest absolute Gasteiger partial charge is 0.415 e. The van der Waals surface area contributed by atoms with E-state index in [2.05, 4.69) is 18.8 Å². The molecule has 0 N–H and O–H groups in total. The lowest BCUT2D eigenvalue weighted by atomic mass is 10.1. The van der Waals surface area contributed by atoms with Gasteiger partial charge in [-0.05, 0) is 31.5 Å². The zero-order chi connectivity index (χ0) is 18.3. The Labute approximate surface area is 140 Å². The smallest absolute Gasteiger partial charge is 0.413 e. The normalized spacial score (nSPS) is 14.2. The van der Waals surface area contributed by atoms with Gasteiger partial charge in [-0.15, -0.1) is 0 Å². The van der Waals surface area contributed by atoms with Crippen LogP contribution in [0.5, 0.6) is 0 Å². The molecule has 0 radical (unpaired) electrons. The van der Waals surface area contributed by atoms with Gasteiger partial charge in [0.05, 0.1) is 12.2 Å². The molecule has 0 saturated carbocycles. The monoisotopic (exact) mass is 348 g/mol. The van der Waals surface area contributed by atoms with Crippen LogP contribution in [0.4, 0.5) is 13.2 Å². The summed E-state index contributed by atoms with van der Waals surface area (Å²) in [7, 11) is -2.22. The number of hydrogen-bond acceptors (Lipinski definition) is 1. The first-order chi connectivity index (χ1) is 10.3. The van der Waals surface area contributed by atoms with Crippen molar-refractivity contribution in [3.8, 4) is 11.8 Å². The molecule has 0 spiro atoms. The second-order valence-corrected chi connectivity index (χ2v) is 12.2. The molecular weight excluding hydrogens is 317 g/mol. The first-order valence-corrected chi connectivity index (χ1v) is 11.1. The maximum Gasteiger partial charge on any atom is 0.415 e. The molecule has 0 saturated heterocycles. The van der Waals surface area contributed by atoms with Gasteiger partial charge in [0, 0.05) is 12.0 Å². The highest BCUT2D eigenvalue weighted by Gasteiger charge is 2.41. The highest BCUT2D eigenvalue weighted by molar-refractivity contribution is 6.74. The fourth-order valence-corrected chi connectivity index (χ4v) is 2.54. The van der Waals surface area contributed by atoms with Crippen molar-refractivity contribution in [2.24, 2.45) is 0 Å². The van der Waals surface area contributed by atoms with Crippen LogP contribution >= 0.6 is 0 Å². The van der Waals surface area contributed by atoms with Gasteiger partial charge in [0.2, 0.25) is 0 Å². The van der Waals surface area contributed by atoms with Crippen LogP contribution in [0.1, 0.15) is 60.3 Å². The molecule has 0 aliphatic carbocycles. The summed E-state index contributed by atoms with van der Waals surface area (Å²) in [5.41, 5.74) is -0.571. The van der Waals surface area contributed by atoms with Gasteiger partial charge in [-0.2, -0.15) is 13.2 Å². The average Bonchev–Trinajstić information content (AvgIpc) is 2.35. The molecule has 0 fully saturated rings. The van der Waals surface area contributed by atoms with E-state index >= 15 is 0 Å². The molecule has 0 amide bonds. The van der Waals surface area contributed by atoms with E-state index in [1.54, 1.807) is 0 Å². The molecule has 0 aromatic heterocycles. The molecule has 0 aliphatic heterocycles. The minimum Gasteiger partial charge on any atom is -0.413 e. The van der Waals surface area contributed by atoms with Gasteiger partial charge in [-0.3, -0.25) is 0 Å². The highest BCUT2D eigenvalue weighted by atomic mass is 28.4. The molecule has 5 heteroatoms. The number of alkyl halides is 3. The molecule has 0 aromatic carbocycles. The second-order valence-electron chi connectivity index (χ2n) is 7.41. The Morgan fingerprint density at radius 1 is 1.09 bits per heavy atom. The molecule has 0 aromatic rings. The van der Waals surface area contributed by atoms with Gasteiger partial charge in [0.25, 0.3) is 0 Å². The fourth-order valence-electron chi connectivity index (χ4n) is 1.61. The van der Waals surface area contributed by atoms with Crippen molar-refractivity contribution in [1.82, 2.24) is 0 Å². The molecular formula is C18H31F3OSi. The highest BCUT2D eigenvalue weighted by Crippen LogP contribution is 2.38. The van der Waals surface area contributed by atoms with Crippen molar-refractivity contribution in [2.45, 2.75) is 84.6 Å². The molecule has 0 aliphatic rings. The molecule has 23 heavy (non-hydrogen) atoms. The molecule has 0 atom stereocenters. The van der Waals surface area contributed by atoms with E-state index in [1.807, 2.05) is 33.9 Å². The van der Waals surface area contributed by atoms with Gasteiger partial charge >= 0.3 is 6.18 Å². The van der Waals surface area contributed by atoms with Crippen molar-refractivity contribution >= 4 is 8.32 Å². The summed E-state index contributed by atoms with van der Waals surface area (Å²) in [5.74, 6) is 5.52. The zero-order valence-electron chi connectivity index (χ0n) is 15.6. The van der Waals surface area contributed by atoms with Crippen molar-refractivity contribution in [3.05, 3.63) is 11.1 Å². The van der Waals surface area contributed by atoms with Gasteiger partial charge < -0.3 is 4.43 Å². The topological polar surface area (TPSA) is 9.23 Å². The summed E-state index contributed by atoms with van der Waals surface area (Å²) in [4.78, 5) is 0. The van der Waals surface area contributed by atoms with Crippen LogP contribution in [0.3, 0.4) is 0 Å². The summed E-state index contributed by atoms with van der Waals surface area (Å²) in [6.45, 7) is 13.0. The SMILES string of the molecule is CCCCCC#C/C(C)=C(\CO[Si](C)(C)C(C)(C)C)C(F)(F)F. The number of hydrogen-bond donors (Lipinski definition) is 0. The van der Waals surface area contributed by atoms with Crippen molar-refractivity contribution < 1.29 is 17.6 Å². The third-order valence-corrected chi connectivity index (χ3v) is 8.84. The summed E-state index contributed by atoms with van der Waals surface area (Å²) < 4.78 is 45.6. The Hall–Kier alpha value is -0.733. The van der Waals surface area contributed by atoms with E-state index in [9.17, 15) is 13.2 Å². The van der Waals surface area contributed by atoms with Crippen LogP contribution in [0.2, 0.25) is 18.1 Å². The van der Waals surface area contributed by atoms with E-state index in [4.69, 9.17) is 4.43 Å². The third-order valence-electron chi connectivity index (χ3n) is 4.36. The minimum atomic E-state index is -4.40. The summed E-state index contributed by atoms with van der Waals surface area (Å²) >= 11 is 0. The molecule has 1 nitrogen and oxygen atoms in total. The Morgan fingerprint density at radius 3 is 2.09 bits per heavy atom. The van der Waals surface area contributed by atoms with E-state index < -0.39 is 26.7 Å². The standard InChI is InChI=1S/C18H31F3OSi/c1-8-9-10-11-12-13-15(2)16(18(19,20)21)14-22-23(6,7)17(3,4)5/h8-11,14H2,1-7H3/b16-15+. The number of unbranched alkanes of at least 4 members (excludes halogenated alkanes) is 3. The van der Waals surface area contributed by atoms with E-state index in [0.717, 1.165) is 19.3 Å². The Morgan fingerprint density at radius 2 is 1.65 bits per heavy atom. The van der Waals surface area contributed by atoms with Crippen molar-refractivity contribution in [2.75, 3.05) is 6.61 Å². The molecule has 0 bridgehead atoms. The molecule has 134 valence electrons. The Balaban J connectivity index is 5.13. The van der Waals surface area contributed by atoms with Crippen LogP contribution in [-0.2, 0) is 4.43 Å². The van der Waals surface area contributed by atoms with Gasteiger partial charge in [0.1, 0.15) is 0 Å². The predicted octanol–water partition coefficient (Wildman–Crippen LogP) is 6.47. The molecule has 0 unspecified atom stereocenters. The number of halogens is 3. The van der Waals surface area contributed by atoms with Gasteiger partial charge in [-0.25, -0.2) is 0 Å². The third kappa shape index (κ3) is 8.08. The maximum absolute atomic E-state index is 13.3. The first-order valence-electron chi connectivity index (χ1n) is 8.22. The van der Waals surface area contributed by atoms with Crippen LogP contribution in [0, 0.1) is 11.8 Å². The molecule has 0 rings (SSSR count).